The molecule has 1 aliphatic rings. The van der Waals surface area contributed by atoms with Crippen LogP contribution in [0.1, 0.15) is 56.9 Å². The summed E-state index contributed by atoms with van der Waals surface area (Å²) in [6.07, 6.45) is 8.52. The molecule has 16 heavy (non-hydrogen) atoms. The van der Waals surface area contributed by atoms with E-state index in [1.165, 1.54) is 42.1 Å². The average molecular weight is 328 g/mol. The Hall–Kier alpha value is -0.0500. The van der Waals surface area contributed by atoms with E-state index in [0.717, 1.165) is 11.8 Å². The van der Waals surface area contributed by atoms with E-state index in [9.17, 15) is 0 Å². The molecule has 1 aromatic carbocycles. The monoisotopic (exact) mass is 328 g/mol. The van der Waals surface area contributed by atoms with Gasteiger partial charge in [-0.2, -0.15) is 0 Å². The smallest absolute Gasteiger partial charge is 0.0130 e. The van der Waals surface area contributed by atoms with E-state index < -0.39 is 0 Å². The Morgan fingerprint density at radius 2 is 1.69 bits per heavy atom. The normalized spacial score (nSPS) is 25.6. The summed E-state index contributed by atoms with van der Waals surface area (Å²) in [5.74, 6) is 1.86. The molecule has 0 aliphatic heterocycles. The maximum atomic E-state index is 2.38. The van der Waals surface area contributed by atoms with Gasteiger partial charge in [-0.1, -0.05) is 31.9 Å². The van der Waals surface area contributed by atoms with Gasteiger partial charge in [0.15, 0.2) is 0 Å². The van der Waals surface area contributed by atoms with E-state index in [0.29, 0.717) is 0 Å². The number of rotatable bonds is 3. The van der Waals surface area contributed by atoms with Crippen LogP contribution in [0.15, 0.2) is 24.3 Å². The van der Waals surface area contributed by atoms with Crippen LogP contribution in [-0.2, 0) is 0 Å². The van der Waals surface area contributed by atoms with Gasteiger partial charge in [-0.05, 0) is 77.8 Å². The molecule has 88 valence electrons. The van der Waals surface area contributed by atoms with Crippen molar-refractivity contribution in [1.29, 1.82) is 0 Å². The Balaban J connectivity index is 1.91. The highest BCUT2D eigenvalue weighted by atomic mass is 127. The molecule has 1 heteroatoms. The van der Waals surface area contributed by atoms with Gasteiger partial charge < -0.3 is 0 Å². The Kier molecular flexibility index (Phi) is 4.68. The summed E-state index contributed by atoms with van der Waals surface area (Å²) in [6.45, 7) is 2.31. The number of halogens is 1. The molecule has 0 saturated heterocycles. The molecule has 0 heterocycles. The molecule has 1 fully saturated rings. The first kappa shape index (κ1) is 12.4. The quantitative estimate of drug-likeness (QED) is 0.655. The van der Waals surface area contributed by atoms with Crippen molar-refractivity contribution in [3.8, 4) is 0 Å². The second kappa shape index (κ2) is 6.04. The van der Waals surface area contributed by atoms with Gasteiger partial charge in [0.2, 0.25) is 0 Å². The first-order chi connectivity index (χ1) is 7.79. The molecule has 0 aromatic heterocycles. The molecular formula is C15H21I. The Labute approximate surface area is 113 Å². The van der Waals surface area contributed by atoms with Gasteiger partial charge in [0.05, 0.1) is 0 Å². The van der Waals surface area contributed by atoms with Gasteiger partial charge in [0, 0.05) is 3.57 Å². The minimum absolute atomic E-state index is 0.838. The van der Waals surface area contributed by atoms with E-state index in [2.05, 4.69) is 53.8 Å². The second-order valence-electron chi connectivity index (χ2n) is 5.06. The van der Waals surface area contributed by atoms with Crippen LogP contribution in [0.2, 0.25) is 0 Å². The predicted octanol–water partition coefficient (Wildman–Crippen LogP) is 5.37. The first-order valence-corrected chi connectivity index (χ1v) is 7.63. The standard InChI is InChI=1S/C15H21I/c1-2-3-12-4-6-13(7-5-12)14-8-10-15(16)11-9-14/h8-13H,2-7H2,1H3/t12-,13-. The molecule has 0 unspecified atom stereocenters. The number of hydrogen-bond acceptors (Lipinski definition) is 0. The minimum Gasteiger partial charge on any atom is -0.0654 e. The highest BCUT2D eigenvalue weighted by molar-refractivity contribution is 14.1. The lowest BCUT2D eigenvalue weighted by molar-refractivity contribution is 0.308. The minimum atomic E-state index is 0.838. The SMILES string of the molecule is CCC[C@H]1CC[C@H](c2ccc(I)cc2)CC1. The molecule has 0 amide bonds. The lowest BCUT2D eigenvalue weighted by Gasteiger charge is -2.28. The van der Waals surface area contributed by atoms with Crippen LogP contribution in [0.4, 0.5) is 0 Å². The van der Waals surface area contributed by atoms with Crippen LogP contribution >= 0.6 is 22.6 Å². The topological polar surface area (TPSA) is 0 Å². The fourth-order valence-electron chi connectivity index (χ4n) is 2.93. The van der Waals surface area contributed by atoms with E-state index in [4.69, 9.17) is 0 Å². The summed E-state index contributed by atoms with van der Waals surface area (Å²) < 4.78 is 1.35. The lowest BCUT2D eigenvalue weighted by Crippen LogP contribution is -2.13. The van der Waals surface area contributed by atoms with Crippen molar-refractivity contribution in [3.05, 3.63) is 33.4 Å². The number of benzene rings is 1. The Morgan fingerprint density at radius 3 is 2.25 bits per heavy atom. The molecule has 1 saturated carbocycles. The number of hydrogen-bond donors (Lipinski definition) is 0. The molecule has 1 aliphatic carbocycles. The van der Waals surface area contributed by atoms with Crippen molar-refractivity contribution < 1.29 is 0 Å². The highest BCUT2D eigenvalue weighted by Gasteiger charge is 2.21. The third kappa shape index (κ3) is 3.22. The zero-order valence-corrected chi connectivity index (χ0v) is 12.2. The van der Waals surface area contributed by atoms with Gasteiger partial charge in [-0.3, -0.25) is 0 Å². The van der Waals surface area contributed by atoms with Crippen molar-refractivity contribution in [2.45, 2.75) is 51.4 Å². The van der Waals surface area contributed by atoms with E-state index in [1.807, 2.05) is 0 Å². The summed E-state index contributed by atoms with van der Waals surface area (Å²) >= 11 is 2.38. The molecule has 0 spiro atoms. The Bertz CT molecular complexity index is 307. The van der Waals surface area contributed by atoms with Crippen molar-refractivity contribution in [2.24, 2.45) is 5.92 Å². The third-order valence-electron chi connectivity index (χ3n) is 3.89. The summed E-state index contributed by atoms with van der Waals surface area (Å²) in [5, 5.41) is 0. The molecule has 2 rings (SSSR count). The van der Waals surface area contributed by atoms with Crippen molar-refractivity contribution >= 4 is 22.6 Å². The largest absolute Gasteiger partial charge is 0.0654 e. The van der Waals surface area contributed by atoms with Crippen LogP contribution in [-0.4, -0.2) is 0 Å². The first-order valence-electron chi connectivity index (χ1n) is 6.55. The van der Waals surface area contributed by atoms with Crippen LogP contribution in [0, 0.1) is 9.49 Å². The average Bonchev–Trinajstić information content (AvgIpc) is 2.32. The summed E-state index contributed by atoms with van der Waals surface area (Å²) in [7, 11) is 0. The fourth-order valence-corrected chi connectivity index (χ4v) is 3.29. The third-order valence-corrected chi connectivity index (χ3v) is 4.60. The van der Waals surface area contributed by atoms with Crippen LogP contribution in [0.3, 0.4) is 0 Å². The fraction of sp³-hybridized carbons (Fsp3) is 0.600. The van der Waals surface area contributed by atoms with Crippen molar-refractivity contribution in [1.82, 2.24) is 0 Å². The van der Waals surface area contributed by atoms with Gasteiger partial charge >= 0.3 is 0 Å². The van der Waals surface area contributed by atoms with Crippen molar-refractivity contribution in [2.75, 3.05) is 0 Å². The zero-order valence-electron chi connectivity index (χ0n) is 10.1. The van der Waals surface area contributed by atoms with Gasteiger partial charge in [0.1, 0.15) is 0 Å². The summed E-state index contributed by atoms with van der Waals surface area (Å²) in [5.41, 5.74) is 1.57. The van der Waals surface area contributed by atoms with Crippen LogP contribution in [0.25, 0.3) is 0 Å². The van der Waals surface area contributed by atoms with E-state index in [-0.39, 0.29) is 0 Å². The van der Waals surface area contributed by atoms with Crippen molar-refractivity contribution in [3.63, 3.8) is 0 Å². The van der Waals surface area contributed by atoms with Crippen LogP contribution in [0.5, 0.6) is 0 Å². The molecule has 0 radical (unpaired) electrons. The molecular weight excluding hydrogens is 307 g/mol. The van der Waals surface area contributed by atoms with Gasteiger partial charge in [-0.25, -0.2) is 0 Å². The maximum absolute atomic E-state index is 2.38. The lowest BCUT2D eigenvalue weighted by atomic mass is 9.77. The maximum Gasteiger partial charge on any atom is 0.0130 e. The zero-order chi connectivity index (χ0) is 11.4. The van der Waals surface area contributed by atoms with Crippen LogP contribution < -0.4 is 0 Å². The molecule has 0 nitrogen and oxygen atoms in total. The highest BCUT2D eigenvalue weighted by Crippen LogP contribution is 2.37. The second-order valence-corrected chi connectivity index (χ2v) is 6.30. The Morgan fingerprint density at radius 1 is 1.06 bits per heavy atom. The van der Waals surface area contributed by atoms with Gasteiger partial charge in [-0.15, -0.1) is 0 Å². The van der Waals surface area contributed by atoms with Gasteiger partial charge in [0.25, 0.3) is 0 Å². The predicted molar refractivity (Wildman–Crippen MR) is 78.8 cm³/mol. The summed E-state index contributed by atoms with van der Waals surface area (Å²) in [4.78, 5) is 0. The molecule has 0 atom stereocenters. The summed E-state index contributed by atoms with van der Waals surface area (Å²) in [6, 6.07) is 9.14. The van der Waals surface area contributed by atoms with E-state index in [1.54, 1.807) is 5.56 Å². The molecule has 1 aromatic rings. The van der Waals surface area contributed by atoms with E-state index >= 15 is 0 Å². The molecule has 0 N–H and O–H groups in total. The molecule has 0 bridgehead atoms.